The molecule has 1 fully saturated rings. The maximum atomic E-state index is 13.0. The van der Waals surface area contributed by atoms with Crippen molar-refractivity contribution in [3.05, 3.63) is 83.1 Å². The zero-order valence-electron chi connectivity index (χ0n) is 23.1. The van der Waals surface area contributed by atoms with Crippen molar-refractivity contribution in [3.63, 3.8) is 0 Å². The summed E-state index contributed by atoms with van der Waals surface area (Å²) >= 11 is 3.00. The molecule has 40 heavy (non-hydrogen) atoms. The number of amides is 1. The number of aromatic nitrogens is 3. The van der Waals surface area contributed by atoms with Crippen LogP contribution in [0.5, 0.6) is 0 Å². The number of carbonyl (C=O) groups excluding carboxylic acids is 1. The molecule has 0 saturated carbocycles. The van der Waals surface area contributed by atoms with E-state index in [1.54, 1.807) is 11.3 Å². The number of thiophene rings is 1. The van der Waals surface area contributed by atoms with Gasteiger partial charge in [0.2, 0.25) is 0 Å². The molecular weight excluding hydrogens is 537 g/mol. The number of hydrogen-bond donors (Lipinski definition) is 2. The predicted octanol–water partition coefficient (Wildman–Crippen LogP) is 7.80. The van der Waals surface area contributed by atoms with Crippen LogP contribution in [-0.4, -0.2) is 38.3 Å². The monoisotopic (exact) mass is 570 g/mol. The molecule has 1 amide bonds. The molecule has 1 saturated heterocycles. The molecule has 1 aliphatic rings. The van der Waals surface area contributed by atoms with E-state index in [4.69, 9.17) is 4.98 Å². The molecule has 1 aliphatic heterocycles. The molecule has 0 spiro atoms. The molecule has 9 heteroatoms. The summed E-state index contributed by atoms with van der Waals surface area (Å²) in [6.07, 6.45) is 9.80. The number of imidazole rings is 1. The van der Waals surface area contributed by atoms with Gasteiger partial charge in [-0.3, -0.25) is 14.1 Å². The number of carbonyl (C=O) groups is 1. The zero-order valence-corrected chi connectivity index (χ0v) is 24.7. The van der Waals surface area contributed by atoms with E-state index in [1.165, 1.54) is 36.2 Å². The van der Waals surface area contributed by atoms with Crippen molar-refractivity contribution < 1.29 is 4.79 Å². The van der Waals surface area contributed by atoms with Gasteiger partial charge < -0.3 is 10.6 Å². The number of likely N-dealkylation sites (tertiary alicyclic amines) is 1. The normalized spacial score (nSPS) is 14.5. The van der Waals surface area contributed by atoms with Gasteiger partial charge in [-0.25, -0.2) is 9.97 Å². The Labute approximate surface area is 242 Å². The van der Waals surface area contributed by atoms with Crippen LogP contribution in [-0.2, 0) is 12.0 Å². The second-order valence-electron chi connectivity index (χ2n) is 11.3. The summed E-state index contributed by atoms with van der Waals surface area (Å²) in [5, 5.41) is 8.13. The highest BCUT2D eigenvalue weighted by Crippen LogP contribution is 2.34. The Kier molecular flexibility index (Phi) is 7.44. The molecule has 1 aromatic carbocycles. The Balaban J connectivity index is 1.15. The topological polar surface area (TPSA) is 74.6 Å². The Bertz CT molecular complexity index is 1640. The molecule has 0 radical (unpaired) electrons. The van der Waals surface area contributed by atoms with Gasteiger partial charge in [-0.2, -0.15) is 0 Å². The number of anilines is 3. The Morgan fingerprint density at radius 2 is 1.77 bits per heavy atom. The smallest absolute Gasteiger partial charge is 0.265 e. The molecule has 0 unspecified atom stereocenters. The van der Waals surface area contributed by atoms with Crippen LogP contribution in [0, 0.1) is 0 Å². The predicted molar refractivity (Wildman–Crippen MR) is 166 cm³/mol. The quantitative estimate of drug-likeness (QED) is 0.209. The maximum absolute atomic E-state index is 13.0. The first-order chi connectivity index (χ1) is 19.3. The summed E-state index contributed by atoms with van der Waals surface area (Å²) in [7, 11) is 0. The highest BCUT2D eigenvalue weighted by atomic mass is 32.1. The Hall–Kier alpha value is -3.53. The third-order valence-electron chi connectivity index (χ3n) is 7.26. The number of hydrogen-bond acceptors (Lipinski definition) is 7. The lowest BCUT2D eigenvalue weighted by Gasteiger charge is -2.26. The summed E-state index contributed by atoms with van der Waals surface area (Å²) in [6.45, 7) is 9.70. The summed E-state index contributed by atoms with van der Waals surface area (Å²) in [5.41, 5.74) is 5.19. The van der Waals surface area contributed by atoms with Gasteiger partial charge in [0.15, 0.2) is 5.13 Å². The third kappa shape index (κ3) is 5.68. The molecule has 4 aromatic heterocycles. The van der Waals surface area contributed by atoms with Gasteiger partial charge in [-0.15, -0.1) is 11.3 Å². The van der Waals surface area contributed by atoms with Gasteiger partial charge in [0.1, 0.15) is 5.65 Å². The van der Waals surface area contributed by atoms with Crippen molar-refractivity contribution in [1.29, 1.82) is 0 Å². The molecule has 2 N–H and O–H groups in total. The van der Waals surface area contributed by atoms with Gasteiger partial charge in [0, 0.05) is 30.2 Å². The number of pyridine rings is 1. The SMILES string of the molecule is CC(C)(C)c1ccccc1NC(=O)c1ccc(Nc2ncc(-c3cnc4c(CN5CCCCC5)cccn34)s2)s1. The van der Waals surface area contributed by atoms with E-state index in [2.05, 4.69) is 70.1 Å². The van der Waals surface area contributed by atoms with E-state index >= 15 is 0 Å². The number of nitrogens with one attached hydrogen (secondary N) is 2. The first-order valence-corrected chi connectivity index (χ1v) is 15.4. The molecule has 0 aliphatic carbocycles. The van der Waals surface area contributed by atoms with Crippen molar-refractivity contribution in [3.8, 4) is 10.6 Å². The van der Waals surface area contributed by atoms with Crippen molar-refractivity contribution in [1.82, 2.24) is 19.3 Å². The largest absolute Gasteiger partial charge is 0.323 e. The fourth-order valence-electron chi connectivity index (χ4n) is 5.25. The minimum Gasteiger partial charge on any atom is -0.323 e. The van der Waals surface area contributed by atoms with Crippen molar-refractivity contribution in [2.45, 2.75) is 52.0 Å². The number of rotatable bonds is 7. The van der Waals surface area contributed by atoms with E-state index in [9.17, 15) is 4.79 Å². The number of piperidine rings is 1. The first-order valence-electron chi connectivity index (χ1n) is 13.8. The second-order valence-corrected chi connectivity index (χ2v) is 13.4. The van der Waals surface area contributed by atoms with Crippen LogP contribution in [0.4, 0.5) is 15.8 Å². The number of thiazole rings is 1. The molecule has 7 nitrogen and oxygen atoms in total. The lowest BCUT2D eigenvalue weighted by molar-refractivity contribution is 0.103. The highest BCUT2D eigenvalue weighted by molar-refractivity contribution is 7.20. The Morgan fingerprint density at radius 3 is 2.60 bits per heavy atom. The number of nitrogens with zero attached hydrogens (tertiary/aromatic N) is 4. The minimum absolute atomic E-state index is 0.0652. The van der Waals surface area contributed by atoms with Crippen molar-refractivity contribution >= 4 is 50.0 Å². The van der Waals surface area contributed by atoms with E-state index in [-0.39, 0.29) is 11.3 Å². The van der Waals surface area contributed by atoms with Gasteiger partial charge in [-0.05, 0) is 61.2 Å². The fraction of sp³-hybridized carbons (Fsp3) is 0.323. The minimum atomic E-state index is -0.110. The number of para-hydroxylation sites is 1. The van der Waals surface area contributed by atoms with Gasteiger partial charge in [0.05, 0.1) is 26.6 Å². The van der Waals surface area contributed by atoms with Crippen molar-refractivity contribution in [2.75, 3.05) is 23.7 Å². The van der Waals surface area contributed by atoms with Crippen LogP contribution in [0.2, 0.25) is 0 Å². The summed E-state index contributed by atoms with van der Waals surface area (Å²) in [4.78, 5) is 26.7. The average Bonchev–Trinajstić information content (AvgIpc) is 3.70. The highest BCUT2D eigenvalue weighted by Gasteiger charge is 2.20. The fourth-order valence-corrected chi connectivity index (χ4v) is 6.95. The molecule has 0 atom stereocenters. The van der Waals surface area contributed by atoms with E-state index in [1.807, 2.05) is 42.7 Å². The number of fused-ring (bicyclic) bond motifs is 1. The van der Waals surface area contributed by atoms with Crippen LogP contribution >= 0.6 is 22.7 Å². The van der Waals surface area contributed by atoms with Crippen LogP contribution < -0.4 is 10.6 Å². The van der Waals surface area contributed by atoms with E-state index in [0.29, 0.717) is 4.88 Å². The molecule has 206 valence electrons. The zero-order chi connectivity index (χ0) is 27.7. The van der Waals surface area contributed by atoms with Gasteiger partial charge in [0.25, 0.3) is 5.91 Å². The lowest BCUT2D eigenvalue weighted by Crippen LogP contribution is -2.29. The standard InChI is InChI=1S/C31H34N6OS2/c1-31(2,3)22-11-5-6-12-23(22)34-29(38)25-13-14-27(39-25)35-30-33-19-26(40-30)24-18-32-28-21(10-9-17-37(24)28)20-36-15-7-4-8-16-36/h5-6,9-14,17-19H,4,7-8,15-16,20H2,1-3H3,(H,33,35)(H,34,38). The van der Waals surface area contributed by atoms with Gasteiger partial charge >= 0.3 is 0 Å². The van der Waals surface area contributed by atoms with Gasteiger partial charge in [-0.1, -0.05) is 62.8 Å². The van der Waals surface area contributed by atoms with Crippen LogP contribution in [0.15, 0.2) is 67.1 Å². The molecule has 5 aromatic rings. The summed E-state index contributed by atoms with van der Waals surface area (Å²) in [6, 6.07) is 16.1. The first kappa shape index (κ1) is 26.7. The van der Waals surface area contributed by atoms with Crippen molar-refractivity contribution in [2.24, 2.45) is 0 Å². The van der Waals surface area contributed by atoms with Crippen LogP contribution in [0.3, 0.4) is 0 Å². The molecular formula is C31H34N6OS2. The number of benzene rings is 1. The second kappa shape index (κ2) is 11.2. The Morgan fingerprint density at radius 1 is 0.950 bits per heavy atom. The lowest BCUT2D eigenvalue weighted by atomic mass is 9.86. The average molecular weight is 571 g/mol. The molecule has 0 bridgehead atoms. The van der Waals surface area contributed by atoms with Crippen LogP contribution in [0.25, 0.3) is 16.2 Å². The summed E-state index contributed by atoms with van der Waals surface area (Å²) in [5.74, 6) is -0.110. The summed E-state index contributed by atoms with van der Waals surface area (Å²) < 4.78 is 2.17. The maximum Gasteiger partial charge on any atom is 0.265 e. The molecule has 6 rings (SSSR count). The van der Waals surface area contributed by atoms with E-state index in [0.717, 1.165) is 57.2 Å². The molecule has 5 heterocycles. The van der Waals surface area contributed by atoms with Crippen LogP contribution in [0.1, 0.15) is 60.8 Å². The van der Waals surface area contributed by atoms with E-state index < -0.39 is 0 Å². The third-order valence-corrected chi connectivity index (χ3v) is 9.20.